The third-order valence-corrected chi connectivity index (χ3v) is 6.03. The van der Waals surface area contributed by atoms with Crippen LogP contribution in [0, 0.1) is 0 Å². The molecule has 0 aliphatic heterocycles. The van der Waals surface area contributed by atoms with E-state index in [2.05, 4.69) is 10.4 Å². The van der Waals surface area contributed by atoms with Gasteiger partial charge in [-0.3, -0.25) is 4.68 Å². The van der Waals surface area contributed by atoms with E-state index in [4.69, 9.17) is 0 Å². The molecule has 2 saturated carbocycles. The van der Waals surface area contributed by atoms with Gasteiger partial charge >= 0.3 is 0 Å². The average Bonchev–Trinajstić information content (AvgIpc) is 3.12. The quantitative estimate of drug-likeness (QED) is 0.898. The van der Waals surface area contributed by atoms with Crippen molar-refractivity contribution in [2.75, 3.05) is 6.26 Å². The molecule has 2 aliphatic rings. The maximum absolute atomic E-state index is 11.7. The molecule has 0 aromatic carbocycles. The lowest BCUT2D eigenvalue weighted by Gasteiger charge is -2.28. The Morgan fingerprint density at radius 1 is 1.35 bits per heavy atom. The van der Waals surface area contributed by atoms with Gasteiger partial charge in [0.1, 0.15) is 9.84 Å². The van der Waals surface area contributed by atoms with Gasteiger partial charge in [-0.1, -0.05) is 6.42 Å². The molecule has 6 heteroatoms. The van der Waals surface area contributed by atoms with E-state index < -0.39 is 9.84 Å². The predicted octanol–water partition coefficient (Wildman–Crippen LogP) is 1.66. The van der Waals surface area contributed by atoms with Gasteiger partial charge in [-0.05, 0) is 38.2 Å². The van der Waals surface area contributed by atoms with E-state index in [9.17, 15) is 8.42 Å². The lowest BCUT2D eigenvalue weighted by Crippen LogP contribution is -2.29. The minimum absolute atomic E-state index is 0.196. The van der Waals surface area contributed by atoms with Crippen molar-refractivity contribution in [3.63, 3.8) is 0 Å². The van der Waals surface area contributed by atoms with Crippen molar-refractivity contribution in [3.05, 3.63) is 18.0 Å². The molecular formula is C14H23N3O2S. The number of hydrogen-bond acceptors (Lipinski definition) is 4. The fourth-order valence-corrected chi connectivity index (χ4v) is 4.13. The first-order chi connectivity index (χ1) is 9.52. The molecule has 0 saturated heterocycles. The molecule has 1 N–H and O–H groups in total. The fourth-order valence-electron chi connectivity index (χ4n) is 2.96. The van der Waals surface area contributed by atoms with Crippen molar-refractivity contribution in [2.24, 2.45) is 0 Å². The summed E-state index contributed by atoms with van der Waals surface area (Å²) in [5, 5.41) is 7.86. The second-order valence-corrected chi connectivity index (χ2v) is 8.54. The summed E-state index contributed by atoms with van der Waals surface area (Å²) in [5.41, 5.74) is 1.05. The molecule has 0 bridgehead atoms. The van der Waals surface area contributed by atoms with Crippen molar-refractivity contribution >= 4 is 9.84 Å². The first-order valence-corrected chi connectivity index (χ1v) is 9.44. The number of aromatic nitrogens is 2. The molecule has 0 spiro atoms. The lowest BCUT2D eigenvalue weighted by atomic mass is 9.95. The van der Waals surface area contributed by atoms with Crippen molar-refractivity contribution in [1.82, 2.24) is 15.1 Å². The molecular weight excluding hydrogens is 274 g/mol. The number of sulfone groups is 1. The van der Waals surface area contributed by atoms with Gasteiger partial charge in [-0.2, -0.15) is 5.10 Å². The highest BCUT2D eigenvalue weighted by atomic mass is 32.2. The monoisotopic (exact) mass is 297 g/mol. The second-order valence-electron chi connectivity index (χ2n) is 6.21. The Morgan fingerprint density at radius 3 is 2.85 bits per heavy atom. The van der Waals surface area contributed by atoms with E-state index in [0.717, 1.165) is 31.5 Å². The Morgan fingerprint density at radius 2 is 2.15 bits per heavy atom. The molecule has 112 valence electrons. The minimum atomic E-state index is -2.93. The van der Waals surface area contributed by atoms with Gasteiger partial charge in [0.25, 0.3) is 0 Å². The Hall–Kier alpha value is -0.880. The standard InChI is InChI=1S/C14H23N3O2S/c1-20(18,19)14-4-2-3-13(9-14)17-8-7-12(16-17)10-15-11-5-6-11/h7-8,11,13-15H,2-6,9-10H2,1H3. The first kappa shape index (κ1) is 14.1. The Kier molecular flexibility index (Phi) is 3.86. The summed E-state index contributed by atoms with van der Waals surface area (Å²) in [6, 6.07) is 2.96. The van der Waals surface area contributed by atoms with Gasteiger partial charge < -0.3 is 5.32 Å². The molecule has 2 atom stereocenters. The van der Waals surface area contributed by atoms with Crippen LogP contribution in [-0.2, 0) is 16.4 Å². The van der Waals surface area contributed by atoms with Gasteiger partial charge in [-0.25, -0.2) is 8.42 Å². The fraction of sp³-hybridized carbons (Fsp3) is 0.786. The van der Waals surface area contributed by atoms with Crippen LogP contribution in [0.1, 0.15) is 50.3 Å². The van der Waals surface area contributed by atoms with Gasteiger partial charge in [0, 0.05) is 25.0 Å². The molecule has 2 unspecified atom stereocenters. The van der Waals surface area contributed by atoms with E-state index in [1.165, 1.54) is 19.1 Å². The van der Waals surface area contributed by atoms with E-state index in [1.54, 1.807) is 0 Å². The van der Waals surface area contributed by atoms with E-state index in [-0.39, 0.29) is 11.3 Å². The summed E-state index contributed by atoms with van der Waals surface area (Å²) in [5.74, 6) is 0. The van der Waals surface area contributed by atoms with Gasteiger partial charge in [0.05, 0.1) is 17.0 Å². The van der Waals surface area contributed by atoms with Crippen LogP contribution >= 0.6 is 0 Å². The molecule has 3 rings (SSSR count). The van der Waals surface area contributed by atoms with Crippen LogP contribution in [0.5, 0.6) is 0 Å². The average molecular weight is 297 g/mol. The van der Waals surface area contributed by atoms with Crippen LogP contribution in [-0.4, -0.2) is 35.7 Å². The molecule has 1 aromatic rings. The molecule has 5 nitrogen and oxygen atoms in total. The zero-order valence-corrected chi connectivity index (χ0v) is 12.8. The summed E-state index contributed by atoms with van der Waals surface area (Å²) < 4.78 is 25.4. The van der Waals surface area contributed by atoms with Crippen LogP contribution in [0.15, 0.2) is 12.3 Å². The van der Waals surface area contributed by atoms with Crippen molar-refractivity contribution in [2.45, 2.75) is 62.4 Å². The van der Waals surface area contributed by atoms with E-state index in [1.807, 2.05) is 16.9 Å². The number of hydrogen-bond donors (Lipinski definition) is 1. The highest BCUT2D eigenvalue weighted by molar-refractivity contribution is 7.91. The summed E-state index contributed by atoms with van der Waals surface area (Å²) in [4.78, 5) is 0. The number of nitrogens with one attached hydrogen (secondary N) is 1. The second kappa shape index (κ2) is 5.48. The Balaban J connectivity index is 1.62. The summed E-state index contributed by atoms with van der Waals surface area (Å²) in [6.45, 7) is 0.819. The molecule has 20 heavy (non-hydrogen) atoms. The van der Waals surface area contributed by atoms with Crippen LogP contribution in [0.25, 0.3) is 0 Å². The molecule has 1 heterocycles. The minimum Gasteiger partial charge on any atom is -0.308 e. The normalized spacial score (nSPS) is 27.6. The van der Waals surface area contributed by atoms with Gasteiger partial charge in [-0.15, -0.1) is 0 Å². The highest BCUT2D eigenvalue weighted by Crippen LogP contribution is 2.31. The number of rotatable bonds is 5. The van der Waals surface area contributed by atoms with Gasteiger partial charge in [0.15, 0.2) is 0 Å². The third kappa shape index (κ3) is 3.41. The molecule has 0 amide bonds. The SMILES string of the molecule is CS(=O)(=O)C1CCCC(n2ccc(CNC3CC3)n2)C1. The number of nitrogens with zero attached hydrogens (tertiary/aromatic N) is 2. The molecule has 0 radical (unpaired) electrons. The zero-order chi connectivity index (χ0) is 14.2. The summed E-state index contributed by atoms with van der Waals surface area (Å²) in [6.07, 6.45) is 9.41. The molecule has 2 fully saturated rings. The summed E-state index contributed by atoms with van der Waals surface area (Å²) >= 11 is 0. The Bertz CT molecular complexity index is 563. The van der Waals surface area contributed by atoms with Gasteiger partial charge in [0.2, 0.25) is 0 Å². The van der Waals surface area contributed by atoms with Crippen LogP contribution in [0.3, 0.4) is 0 Å². The smallest absolute Gasteiger partial charge is 0.150 e. The highest BCUT2D eigenvalue weighted by Gasteiger charge is 2.30. The zero-order valence-electron chi connectivity index (χ0n) is 12.0. The van der Waals surface area contributed by atoms with Crippen LogP contribution in [0.4, 0.5) is 0 Å². The van der Waals surface area contributed by atoms with Crippen molar-refractivity contribution in [3.8, 4) is 0 Å². The maximum Gasteiger partial charge on any atom is 0.150 e. The predicted molar refractivity (Wildman–Crippen MR) is 78.2 cm³/mol. The van der Waals surface area contributed by atoms with Crippen LogP contribution < -0.4 is 5.32 Å². The van der Waals surface area contributed by atoms with E-state index >= 15 is 0 Å². The lowest BCUT2D eigenvalue weighted by molar-refractivity contribution is 0.328. The topological polar surface area (TPSA) is 64.0 Å². The molecule has 1 aromatic heterocycles. The largest absolute Gasteiger partial charge is 0.308 e. The van der Waals surface area contributed by atoms with E-state index in [0.29, 0.717) is 12.5 Å². The van der Waals surface area contributed by atoms with Crippen molar-refractivity contribution in [1.29, 1.82) is 0 Å². The first-order valence-electron chi connectivity index (χ1n) is 7.48. The molecule has 2 aliphatic carbocycles. The van der Waals surface area contributed by atoms with Crippen LogP contribution in [0.2, 0.25) is 0 Å². The van der Waals surface area contributed by atoms with Crippen molar-refractivity contribution < 1.29 is 8.42 Å². The maximum atomic E-state index is 11.7. The Labute approximate surface area is 120 Å². The third-order valence-electron chi connectivity index (χ3n) is 4.39. The summed E-state index contributed by atoms with van der Waals surface area (Å²) in [7, 11) is -2.93.